The molecule has 0 spiro atoms. The lowest BCUT2D eigenvalue weighted by Crippen LogP contribution is -2.20. The smallest absolute Gasteiger partial charge is 0.339 e. The van der Waals surface area contributed by atoms with Crippen molar-refractivity contribution in [3.8, 4) is 0 Å². The highest BCUT2D eigenvalue weighted by atomic mass is 79.9. The van der Waals surface area contributed by atoms with Crippen LogP contribution in [0.2, 0.25) is 0 Å². The summed E-state index contributed by atoms with van der Waals surface area (Å²) in [6.07, 6.45) is 0. The summed E-state index contributed by atoms with van der Waals surface area (Å²) in [6, 6.07) is 12.0. The molecule has 0 heterocycles. The maximum absolute atomic E-state index is 13.9. The highest BCUT2D eigenvalue weighted by Crippen LogP contribution is 2.23. The number of esters is 1. The van der Waals surface area contributed by atoms with Gasteiger partial charge < -0.3 is 9.64 Å². The zero-order valence-corrected chi connectivity index (χ0v) is 13.4. The van der Waals surface area contributed by atoms with Crippen LogP contribution in [-0.2, 0) is 11.3 Å². The van der Waals surface area contributed by atoms with Gasteiger partial charge in [0.05, 0.1) is 18.4 Å². The topological polar surface area (TPSA) is 29.5 Å². The number of methoxy groups -OCH3 is 1. The highest BCUT2D eigenvalue weighted by molar-refractivity contribution is 9.10. The number of nitrogens with zero attached hydrogens (tertiary/aromatic N) is 1. The molecular weight excluding hydrogens is 337 g/mol. The van der Waals surface area contributed by atoms with Gasteiger partial charge in [0.2, 0.25) is 0 Å². The minimum atomic E-state index is -0.409. The lowest BCUT2D eigenvalue weighted by Gasteiger charge is -2.22. The van der Waals surface area contributed by atoms with E-state index >= 15 is 0 Å². The highest BCUT2D eigenvalue weighted by Gasteiger charge is 2.15. The average Bonchev–Trinajstić information content (AvgIpc) is 2.49. The van der Waals surface area contributed by atoms with Crippen LogP contribution in [0.1, 0.15) is 15.9 Å². The van der Waals surface area contributed by atoms with Crippen LogP contribution in [0.15, 0.2) is 46.9 Å². The Kier molecular flexibility index (Phi) is 4.96. The van der Waals surface area contributed by atoms with E-state index in [0.29, 0.717) is 27.8 Å². The van der Waals surface area contributed by atoms with Gasteiger partial charge >= 0.3 is 5.97 Å². The van der Waals surface area contributed by atoms with E-state index < -0.39 is 5.97 Å². The fraction of sp³-hybridized carbons (Fsp3) is 0.188. The molecule has 21 heavy (non-hydrogen) atoms. The molecule has 5 heteroatoms. The fourth-order valence-electron chi connectivity index (χ4n) is 2.08. The Morgan fingerprint density at radius 2 is 2.00 bits per heavy atom. The molecule has 0 radical (unpaired) electrons. The second kappa shape index (κ2) is 6.72. The molecule has 0 N–H and O–H groups in total. The summed E-state index contributed by atoms with van der Waals surface area (Å²) in [5.74, 6) is -0.694. The number of para-hydroxylation sites is 1. The largest absolute Gasteiger partial charge is 0.465 e. The standard InChI is InChI=1S/C16H15BrFNO2/c1-19(10-11-7-8-12(17)9-14(11)18)15-6-4-3-5-13(15)16(20)21-2/h3-9H,10H2,1-2H3. The normalized spacial score (nSPS) is 10.3. The van der Waals surface area contributed by atoms with E-state index in [1.165, 1.54) is 13.2 Å². The molecule has 0 saturated carbocycles. The first kappa shape index (κ1) is 15.5. The van der Waals surface area contributed by atoms with Crippen molar-refractivity contribution in [2.75, 3.05) is 19.1 Å². The minimum absolute atomic E-state index is 0.285. The van der Waals surface area contributed by atoms with E-state index in [9.17, 15) is 9.18 Å². The maximum atomic E-state index is 13.9. The van der Waals surface area contributed by atoms with Crippen LogP contribution in [0.4, 0.5) is 10.1 Å². The van der Waals surface area contributed by atoms with Gasteiger partial charge in [-0.2, -0.15) is 0 Å². The number of ether oxygens (including phenoxy) is 1. The average molecular weight is 352 g/mol. The molecule has 0 unspecified atom stereocenters. The summed E-state index contributed by atoms with van der Waals surface area (Å²) in [4.78, 5) is 13.6. The maximum Gasteiger partial charge on any atom is 0.339 e. The lowest BCUT2D eigenvalue weighted by atomic mass is 10.1. The lowest BCUT2D eigenvalue weighted by molar-refractivity contribution is 0.0601. The molecule has 0 atom stereocenters. The first-order valence-electron chi connectivity index (χ1n) is 6.35. The Morgan fingerprint density at radius 1 is 1.29 bits per heavy atom. The van der Waals surface area contributed by atoms with Gasteiger partial charge in [-0.05, 0) is 24.3 Å². The van der Waals surface area contributed by atoms with Gasteiger partial charge in [0.15, 0.2) is 0 Å². The summed E-state index contributed by atoms with van der Waals surface area (Å²) in [5, 5.41) is 0. The number of carbonyl (C=O) groups is 1. The third-order valence-electron chi connectivity index (χ3n) is 3.14. The van der Waals surface area contributed by atoms with Crippen LogP contribution in [0, 0.1) is 5.82 Å². The molecule has 110 valence electrons. The molecule has 0 saturated heterocycles. The number of anilines is 1. The van der Waals surface area contributed by atoms with Crippen molar-refractivity contribution < 1.29 is 13.9 Å². The zero-order chi connectivity index (χ0) is 15.4. The zero-order valence-electron chi connectivity index (χ0n) is 11.8. The van der Waals surface area contributed by atoms with Crippen molar-refractivity contribution in [2.45, 2.75) is 6.54 Å². The van der Waals surface area contributed by atoms with Crippen LogP contribution >= 0.6 is 15.9 Å². The quantitative estimate of drug-likeness (QED) is 0.779. The number of benzene rings is 2. The number of hydrogen-bond acceptors (Lipinski definition) is 3. The monoisotopic (exact) mass is 351 g/mol. The van der Waals surface area contributed by atoms with E-state index in [-0.39, 0.29) is 5.82 Å². The molecule has 0 amide bonds. The Balaban J connectivity index is 2.28. The summed E-state index contributed by atoms with van der Waals surface area (Å²) >= 11 is 3.23. The van der Waals surface area contributed by atoms with E-state index in [2.05, 4.69) is 15.9 Å². The number of hydrogen-bond donors (Lipinski definition) is 0. The van der Waals surface area contributed by atoms with Crippen molar-refractivity contribution in [3.63, 3.8) is 0 Å². The molecule has 2 aromatic carbocycles. The van der Waals surface area contributed by atoms with Gasteiger partial charge in [-0.15, -0.1) is 0 Å². The van der Waals surface area contributed by atoms with Crippen molar-refractivity contribution in [1.29, 1.82) is 0 Å². The van der Waals surface area contributed by atoms with Gasteiger partial charge in [0, 0.05) is 23.6 Å². The predicted octanol–water partition coefficient (Wildman–Crippen LogP) is 4.01. The third-order valence-corrected chi connectivity index (χ3v) is 3.64. The van der Waals surface area contributed by atoms with Crippen molar-refractivity contribution in [2.24, 2.45) is 0 Å². The summed E-state index contributed by atoms with van der Waals surface area (Å²) in [6.45, 7) is 0.354. The summed E-state index contributed by atoms with van der Waals surface area (Å²) < 4.78 is 19.4. The Morgan fingerprint density at radius 3 is 2.67 bits per heavy atom. The second-order valence-corrected chi connectivity index (χ2v) is 5.52. The summed E-state index contributed by atoms with van der Waals surface area (Å²) in [7, 11) is 3.15. The molecule has 2 rings (SSSR count). The Bertz CT molecular complexity index is 660. The SMILES string of the molecule is COC(=O)c1ccccc1N(C)Cc1ccc(Br)cc1F. The van der Waals surface area contributed by atoms with E-state index in [0.717, 1.165) is 0 Å². The molecule has 3 nitrogen and oxygen atoms in total. The molecule has 0 fully saturated rings. The molecule has 0 aliphatic heterocycles. The van der Waals surface area contributed by atoms with E-state index in [1.54, 1.807) is 24.3 Å². The van der Waals surface area contributed by atoms with Crippen LogP contribution in [0.5, 0.6) is 0 Å². The summed E-state index contributed by atoms with van der Waals surface area (Å²) in [5.41, 5.74) is 1.71. The fourth-order valence-corrected chi connectivity index (χ4v) is 2.41. The number of halogens is 2. The van der Waals surface area contributed by atoms with Gasteiger partial charge in [-0.1, -0.05) is 34.1 Å². The second-order valence-electron chi connectivity index (χ2n) is 4.60. The molecule has 0 aromatic heterocycles. The minimum Gasteiger partial charge on any atom is -0.465 e. The van der Waals surface area contributed by atoms with Gasteiger partial charge in [-0.3, -0.25) is 0 Å². The van der Waals surface area contributed by atoms with Crippen LogP contribution in [0.3, 0.4) is 0 Å². The first-order chi connectivity index (χ1) is 10.0. The third kappa shape index (κ3) is 3.61. The molecule has 0 aliphatic carbocycles. The van der Waals surface area contributed by atoms with Gasteiger partial charge in [-0.25, -0.2) is 9.18 Å². The molecule has 2 aromatic rings. The molecule has 0 aliphatic rings. The van der Waals surface area contributed by atoms with Crippen molar-refractivity contribution in [3.05, 3.63) is 63.9 Å². The van der Waals surface area contributed by atoms with Crippen LogP contribution < -0.4 is 4.90 Å². The van der Waals surface area contributed by atoms with Crippen LogP contribution in [-0.4, -0.2) is 20.1 Å². The van der Waals surface area contributed by atoms with Gasteiger partial charge in [0.25, 0.3) is 0 Å². The van der Waals surface area contributed by atoms with Gasteiger partial charge in [0.1, 0.15) is 5.82 Å². The number of carbonyl (C=O) groups excluding carboxylic acids is 1. The first-order valence-corrected chi connectivity index (χ1v) is 7.14. The van der Waals surface area contributed by atoms with Crippen molar-refractivity contribution in [1.82, 2.24) is 0 Å². The molecular formula is C16H15BrFNO2. The van der Waals surface area contributed by atoms with E-state index in [1.807, 2.05) is 24.1 Å². The predicted molar refractivity (Wildman–Crippen MR) is 84.0 cm³/mol. The Hall–Kier alpha value is -1.88. The van der Waals surface area contributed by atoms with E-state index in [4.69, 9.17) is 4.74 Å². The Labute approximate surface area is 131 Å². The number of rotatable bonds is 4. The molecule has 0 bridgehead atoms. The van der Waals surface area contributed by atoms with Crippen molar-refractivity contribution >= 4 is 27.6 Å². The van der Waals surface area contributed by atoms with Crippen LogP contribution in [0.25, 0.3) is 0 Å².